The summed E-state index contributed by atoms with van der Waals surface area (Å²) >= 11 is 0. The first-order chi connectivity index (χ1) is 30.3. The summed E-state index contributed by atoms with van der Waals surface area (Å²) in [4.78, 5) is 24.2. The molecule has 10 N–H and O–H groups in total. The molecular formula is C44H64O20. The lowest BCUT2D eigenvalue weighted by Gasteiger charge is -2.61. The average molecular weight is 913 g/mol. The van der Waals surface area contributed by atoms with E-state index in [-0.39, 0.29) is 29.6 Å². The van der Waals surface area contributed by atoms with Crippen LogP contribution < -0.4 is 5.63 Å². The Hall–Kier alpha value is -2.48. The van der Waals surface area contributed by atoms with Gasteiger partial charge in [-0.25, -0.2) is 4.79 Å². The predicted octanol–water partition coefficient (Wildman–Crippen LogP) is -1.80. The minimum absolute atomic E-state index is 0.101. The van der Waals surface area contributed by atoms with Gasteiger partial charge >= 0.3 is 11.6 Å². The number of hydrogen-bond acceptors (Lipinski definition) is 20. The summed E-state index contributed by atoms with van der Waals surface area (Å²) in [6, 6.07) is 3.04. The lowest BCUT2D eigenvalue weighted by molar-refractivity contribution is -0.378. The molecule has 4 aliphatic carbocycles. The molecule has 0 amide bonds. The lowest BCUT2D eigenvalue weighted by Crippen LogP contribution is -2.66. The molecule has 1 aromatic heterocycles. The minimum Gasteiger partial charge on any atom is -0.462 e. The van der Waals surface area contributed by atoms with Gasteiger partial charge in [0.25, 0.3) is 0 Å². The summed E-state index contributed by atoms with van der Waals surface area (Å²) in [7, 11) is 0. The molecule has 20 heteroatoms. The van der Waals surface area contributed by atoms with Gasteiger partial charge in [-0.3, -0.25) is 4.79 Å². The number of rotatable bonds is 10. The van der Waals surface area contributed by atoms with E-state index in [1.54, 1.807) is 13.0 Å². The molecule has 6 fully saturated rings. The molecule has 4 heterocycles. The molecule has 3 aliphatic heterocycles. The van der Waals surface area contributed by atoms with Crippen LogP contribution in [0.2, 0.25) is 0 Å². The highest BCUT2D eigenvalue weighted by molar-refractivity contribution is 5.66. The topological polar surface area (TPSA) is 314 Å². The first-order valence-corrected chi connectivity index (χ1v) is 22.4. The summed E-state index contributed by atoms with van der Waals surface area (Å²) in [6.07, 6.45) is -16.9. The van der Waals surface area contributed by atoms with Crippen molar-refractivity contribution in [2.45, 2.75) is 188 Å². The predicted molar refractivity (Wildman–Crippen MR) is 214 cm³/mol. The highest BCUT2D eigenvalue weighted by atomic mass is 16.8. The number of carbonyl (C=O) groups excluding carboxylic acids is 1. The molecule has 20 nitrogen and oxygen atoms in total. The van der Waals surface area contributed by atoms with Crippen molar-refractivity contribution in [3.05, 3.63) is 46.0 Å². The molecule has 64 heavy (non-hydrogen) atoms. The molecule has 1 aromatic rings. The average Bonchev–Trinajstić information content (AvgIpc) is 3.49. The number of allylic oxidation sites excluding steroid dienone is 1. The lowest BCUT2D eigenvalue weighted by atomic mass is 9.45. The van der Waals surface area contributed by atoms with Crippen LogP contribution in [0.3, 0.4) is 0 Å². The molecule has 23 atom stereocenters. The second kappa shape index (κ2) is 18.2. The van der Waals surface area contributed by atoms with Crippen LogP contribution in [0.15, 0.2) is 39.3 Å². The van der Waals surface area contributed by atoms with Crippen LogP contribution in [0.25, 0.3) is 0 Å². The van der Waals surface area contributed by atoms with Crippen LogP contribution in [0.1, 0.15) is 84.1 Å². The molecule has 0 radical (unpaired) electrons. The fourth-order valence-electron chi connectivity index (χ4n) is 12.5. The molecule has 3 saturated carbocycles. The second-order valence-electron chi connectivity index (χ2n) is 19.5. The van der Waals surface area contributed by atoms with Gasteiger partial charge in [0, 0.05) is 30.7 Å². The van der Waals surface area contributed by atoms with Gasteiger partial charge in [0.05, 0.1) is 37.3 Å². The van der Waals surface area contributed by atoms with Gasteiger partial charge in [-0.15, -0.1) is 0 Å². The van der Waals surface area contributed by atoms with Crippen LogP contribution in [0, 0.1) is 22.7 Å². The van der Waals surface area contributed by atoms with Crippen molar-refractivity contribution in [2.24, 2.45) is 22.7 Å². The smallest absolute Gasteiger partial charge is 0.335 e. The molecule has 0 unspecified atom stereocenters. The number of carbonyl (C=O) groups is 1. The van der Waals surface area contributed by atoms with Crippen LogP contribution in [-0.4, -0.2) is 180 Å². The van der Waals surface area contributed by atoms with Crippen LogP contribution in [0.5, 0.6) is 0 Å². The van der Waals surface area contributed by atoms with E-state index in [2.05, 4.69) is 19.9 Å². The highest BCUT2D eigenvalue weighted by Crippen LogP contribution is 2.70. The molecule has 0 bridgehead atoms. The molecule has 0 spiro atoms. The Morgan fingerprint density at radius 2 is 1.38 bits per heavy atom. The molecule has 7 aliphatic rings. The number of hydrogen-bond donors (Lipinski definition) is 10. The van der Waals surface area contributed by atoms with Crippen LogP contribution in [-0.2, 0) is 38.0 Å². The largest absolute Gasteiger partial charge is 0.462 e. The number of aliphatic hydroxyl groups is 10. The molecule has 3 saturated heterocycles. The zero-order chi connectivity index (χ0) is 46.2. The third-order valence-electron chi connectivity index (χ3n) is 16.0. The van der Waals surface area contributed by atoms with Crippen molar-refractivity contribution in [1.82, 2.24) is 0 Å². The third-order valence-corrected chi connectivity index (χ3v) is 16.0. The summed E-state index contributed by atoms with van der Waals surface area (Å²) in [5.74, 6) is -0.834. The number of ether oxygens (including phenoxy) is 7. The first kappa shape index (κ1) is 48.0. The SMILES string of the molecule is CC(=O)O[C@H]1C[C@]2(O)[C@@H]3CCC4=C[C@@H](O[C@@H]5O[C@@H](C)[C@H](O[C@@H]6O[C@H](CO)[C@@H](O[C@@H]7O[C@H](CO)[C@@H](O)[C@H](O)[C@H]7O)[C@H](O)[C@H]6O)[C@@H](O)[C@@H]5O)CC[C@]4(C)[C@H]3CC[C@]2(C)[C@H]1c1ccc(=O)oc1. The Morgan fingerprint density at radius 3 is 2.02 bits per heavy atom. The maximum Gasteiger partial charge on any atom is 0.335 e. The quantitative estimate of drug-likeness (QED) is 0.0915. The number of fused-ring (bicyclic) bond motifs is 5. The van der Waals surface area contributed by atoms with Crippen LogP contribution >= 0.6 is 0 Å². The maximum atomic E-state index is 12.9. The Labute approximate surface area is 369 Å². The van der Waals surface area contributed by atoms with E-state index in [4.69, 9.17) is 37.6 Å². The van der Waals surface area contributed by atoms with Crippen molar-refractivity contribution >= 4 is 5.97 Å². The fourth-order valence-corrected chi connectivity index (χ4v) is 12.5. The molecular weight excluding hydrogens is 848 g/mol. The van der Waals surface area contributed by atoms with Gasteiger partial charge in [0.2, 0.25) is 0 Å². The Balaban J connectivity index is 0.908. The standard InChI is InChI=1S/C44H64O20/c1-18-37(63-41-36(55)33(52)38(27(16-46)62-41)64-40-34(53)31(50)30(49)26(15-45)61-40)32(51)35(54)39(58-18)60-22-9-11-42(3)21(13-22)6-7-24-23(42)10-12-43(4)29(20-5-8-28(48)57-17-20)25(59-19(2)47)14-44(24,43)56/h5,8,13,17-18,22-27,29-41,45-46,49-56H,6-7,9-12,14-16H2,1-4H3/t18-,22-,23-,24+,25-,26+,27+,29-,30+,31-,32-,33+,34+,35-,36+,37-,38+,39-,40-,41-,42-,43+,44-/m0/s1. The van der Waals surface area contributed by atoms with Gasteiger partial charge in [-0.05, 0) is 74.3 Å². The van der Waals surface area contributed by atoms with E-state index >= 15 is 0 Å². The summed E-state index contributed by atoms with van der Waals surface area (Å²) in [6.45, 7) is 5.66. The number of esters is 1. The Morgan fingerprint density at radius 1 is 0.750 bits per heavy atom. The zero-order valence-electron chi connectivity index (χ0n) is 36.3. The summed E-state index contributed by atoms with van der Waals surface area (Å²) in [5, 5.41) is 108. The summed E-state index contributed by atoms with van der Waals surface area (Å²) < 4.78 is 46.1. The van der Waals surface area contributed by atoms with Gasteiger partial charge in [-0.1, -0.05) is 25.5 Å². The van der Waals surface area contributed by atoms with Gasteiger partial charge < -0.3 is 88.6 Å². The maximum absolute atomic E-state index is 12.9. The van der Waals surface area contributed by atoms with Crippen LogP contribution in [0.4, 0.5) is 0 Å². The molecule has 0 aromatic carbocycles. The van der Waals surface area contributed by atoms with Crippen molar-refractivity contribution in [3.8, 4) is 0 Å². The van der Waals surface area contributed by atoms with E-state index in [1.165, 1.54) is 24.8 Å². The molecule has 360 valence electrons. The van der Waals surface area contributed by atoms with E-state index < -0.39 is 140 Å². The zero-order valence-corrected chi connectivity index (χ0v) is 36.3. The monoisotopic (exact) mass is 912 g/mol. The minimum atomic E-state index is -1.88. The van der Waals surface area contributed by atoms with Gasteiger partial charge in [0.1, 0.15) is 73.2 Å². The Kier molecular flexibility index (Phi) is 13.7. The van der Waals surface area contributed by atoms with Gasteiger partial charge in [0.15, 0.2) is 18.9 Å². The highest BCUT2D eigenvalue weighted by Gasteiger charge is 2.70. The first-order valence-electron chi connectivity index (χ1n) is 22.4. The number of aliphatic hydroxyl groups excluding tert-OH is 9. The fraction of sp³-hybridized carbons (Fsp3) is 0.818. The van der Waals surface area contributed by atoms with Crippen molar-refractivity contribution in [2.75, 3.05) is 13.2 Å². The Bertz CT molecular complexity index is 1890. The van der Waals surface area contributed by atoms with Crippen molar-refractivity contribution in [3.63, 3.8) is 0 Å². The van der Waals surface area contributed by atoms with E-state index in [0.29, 0.717) is 37.7 Å². The van der Waals surface area contributed by atoms with Crippen molar-refractivity contribution < 1.29 is 93.4 Å². The third kappa shape index (κ3) is 8.11. The van der Waals surface area contributed by atoms with Crippen molar-refractivity contribution in [1.29, 1.82) is 0 Å². The van der Waals surface area contributed by atoms with E-state index in [0.717, 1.165) is 6.42 Å². The van der Waals surface area contributed by atoms with E-state index in [1.807, 2.05) is 0 Å². The molecule has 8 rings (SSSR count). The second-order valence-corrected chi connectivity index (χ2v) is 19.5. The van der Waals surface area contributed by atoms with Gasteiger partial charge in [-0.2, -0.15) is 0 Å². The normalized spacial score (nSPS) is 50.4. The van der Waals surface area contributed by atoms with E-state index in [9.17, 15) is 60.7 Å². The summed E-state index contributed by atoms with van der Waals surface area (Å²) in [5.41, 5.74) is -0.753.